The summed E-state index contributed by atoms with van der Waals surface area (Å²) >= 11 is 8.95. The minimum atomic E-state index is -0.0469. The zero-order chi connectivity index (χ0) is 18.5. The number of nitrogens with one attached hydrogen (secondary N) is 1. The number of nitrogens with zero attached hydrogens (tertiary/aromatic N) is 4. The topological polar surface area (TPSA) is 78.4 Å². The Labute approximate surface area is 164 Å². The highest BCUT2D eigenvalue weighted by molar-refractivity contribution is 8.01. The van der Waals surface area contributed by atoms with Crippen molar-refractivity contribution in [1.82, 2.24) is 20.4 Å². The van der Waals surface area contributed by atoms with E-state index in [-0.39, 0.29) is 11.8 Å². The van der Waals surface area contributed by atoms with E-state index >= 15 is 0 Å². The summed E-state index contributed by atoms with van der Waals surface area (Å²) in [4.78, 5) is 27.8. The number of amides is 2. The summed E-state index contributed by atoms with van der Waals surface area (Å²) in [6.07, 6.45) is 0. The molecule has 1 saturated heterocycles. The molecule has 0 spiro atoms. The predicted octanol–water partition coefficient (Wildman–Crippen LogP) is 1.99. The van der Waals surface area contributed by atoms with Crippen LogP contribution >= 0.6 is 34.7 Å². The fourth-order valence-electron chi connectivity index (χ4n) is 2.49. The standard InChI is InChI=1S/C16H18ClN5O2S2/c1-18-13(23)10-25-16-20-19-15(26-16)22-8-6-21(7-9-22)14(24)11-4-2-3-5-12(11)17/h2-5H,6-10H2,1H3,(H,18,23). The normalized spacial score (nSPS) is 14.4. The van der Waals surface area contributed by atoms with Crippen molar-refractivity contribution in [3.8, 4) is 0 Å². The fraction of sp³-hybridized carbons (Fsp3) is 0.375. The van der Waals surface area contributed by atoms with Gasteiger partial charge in [-0.2, -0.15) is 0 Å². The van der Waals surface area contributed by atoms with Crippen molar-refractivity contribution < 1.29 is 9.59 Å². The molecule has 10 heteroatoms. The van der Waals surface area contributed by atoms with E-state index in [4.69, 9.17) is 11.6 Å². The zero-order valence-electron chi connectivity index (χ0n) is 14.1. The van der Waals surface area contributed by atoms with Crippen molar-refractivity contribution in [3.05, 3.63) is 34.9 Å². The van der Waals surface area contributed by atoms with Crippen molar-refractivity contribution in [1.29, 1.82) is 0 Å². The summed E-state index contributed by atoms with van der Waals surface area (Å²) in [5, 5.41) is 12.2. The molecule has 0 radical (unpaired) electrons. The number of benzene rings is 1. The molecule has 2 heterocycles. The minimum Gasteiger partial charge on any atom is -0.358 e. The lowest BCUT2D eigenvalue weighted by Crippen LogP contribution is -2.48. The Morgan fingerprint density at radius 3 is 2.65 bits per heavy atom. The molecule has 2 aromatic rings. The first-order valence-corrected chi connectivity index (χ1v) is 10.2. The summed E-state index contributed by atoms with van der Waals surface area (Å²) < 4.78 is 0.762. The molecular weight excluding hydrogens is 394 g/mol. The molecule has 26 heavy (non-hydrogen) atoms. The van der Waals surface area contributed by atoms with Crippen LogP contribution in [0.25, 0.3) is 0 Å². The molecule has 1 N–H and O–H groups in total. The molecule has 7 nitrogen and oxygen atoms in total. The van der Waals surface area contributed by atoms with Crippen LogP contribution in [0.5, 0.6) is 0 Å². The molecule has 138 valence electrons. The highest BCUT2D eigenvalue weighted by Crippen LogP contribution is 2.28. The molecular formula is C16H18ClN5O2S2. The minimum absolute atomic E-state index is 0.0431. The van der Waals surface area contributed by atoms with Crippen molar-refractivity contribution in [2.75, 3.05) is 43.9 Å². The smallest absolute Gasteiger partial charge is 0.255 e. The van der Waals surface area contributed by atoms with E-state index in [9.17, 15) is 9.59 Å². The first-order valence-electron chi connectivity index (χ1n) is 8.04. The number of aromatic nitrogens is 2. The number of piperazine rings is 1. The Hall–Kier alpha value is -1.84. The van der Waals surface area contributed by atoms with Gasteiger partial charge in [-0.1, -0.05) is 46.8 Å². The molecule has 0 saturated carbocycles. The van der Waals surface area contributed by atoms with E-state index in [0.29, 0.717) is 42.5 Å². The second-order valence-corrected chi connectivity index (χ2v) is 8.16. The third-order valence-electron chi connectivity index (χ3n) is 3.94. The summed E-state index contributed by atoms with van der Waals surface area (Å²) in [6, 6.07) is 7.10. The molecule has 0 atom stereocenters. The van der Waals surface area contributed by atoms with Gasteiger partial charge in [-0.05, 0) is 12.1 Å². The number of anilines is 1. The lowest BCUT2D eigenvalue weighted by atomic mass is 10.2. The zero-order valence-corrected chi connectivity index (χ0v) is 16.5. The number of thioether (sulfide) groups is 1. The number of halogens is 1. The van der Waals surface area contributed by atoms with Gasteiger partial charge in [-0.15, -0.1) is 10.2 Å². The lowest BCUT2D eigenvalue weighted by molar-refractivity contribution is -0.118. The summed E-state index contributed by atoms with van der Waals surface area (Å²) in [6.45, 7) is 2.57. The number of rotatable bonds is 5. The number of carbonyl (C=O) groups excluding carboxylic acids is 2. The SMILES string of the molecule is CNC(=O)CSc1nnc(N2CCN(C(=O)c3ccccc3Cl)CC2)s1. The molecule has 1 aromatic heterocycles. The highest BCUT2D eigenvalue weighted by Gasteiger charge is 2.25. The molecule has 0 unspecified atom stereocenters. The molecule has 2 amide bonds. The monoisotopic (exact) mass is 411 g/mol. The van der Waals surface area contributed by atoms with Crippen LogP contribution < -0.4 is 10.2 Å². The van der Waals surface area contributed by atoms with Crippen molar-refractivity contribution >= 4 is 51.6 Å². The predicted molar refractivity (Wildman–Crippen MR) is 104 cm³/mol. The van der Waals surface area contributed by atoms with Gasteiger partial charge in [0.1, 0.15) is 0 Å². The van der Waals surface area contributed by atoms with Crippen LogP contribution in [0, 0.1) is 0 Å². The molecule has 0 aliphatic carbocycles. The second-order valence-electron chi connectivity index (χ2n) is 5.57. The molecule has 1 aromatic carbocycles. The van der Waals surface area contributed by atoms with Gasteiger partial charge < -0.3 is 15.1 Å². The molecule has 1 aliphatic rings. The first-order chi connectivity index (χ1) is 12.6. The molecule has 1 aliphatic heterocycles. The van der Waals surface area contributed by atoms with Gasteiger partial charge in [0.05, 0.1) is 16.3 Å². The maximum absolute atomic E-state index is 12.6. The van der Waals surface area contributed by atoms with Gasteiger partial charge in [-0.25, -0.2) is 0 Å². The van der Waals surface area contributed by atoms with Gasteiger partial charge in [0.25, 0.3) is 5.91 Å². The Morgan fingerprint density at radius 2 is 1.96 bits per heavy atom. The van der Waals surface area contributed by atoms with Crippen molar-refractivity contribution in [3.63, 3.8) is 0 Å². The van der Waals surface area contributed by atoms with Crippen LogP contribution in [0.4, 0.5) is 5.13 Å². The van der Waals surface area contributed by atoms with Crippen LogP contribution in [-0.2, 0) is 4.79 Å². The second kappa shape index (κ2) is 8.70. The van der Waals surface area contributed by atoms with Gasteiger partial charge in [0, 0.05) is 33.2 Å². The maximum Gasteiger partial charge on any atom is 0.255 e. The van der Waals surface area contributed by atoms with Gasteiger partial charge >= 0.3 is 0 Å². The van der Waals surface area contributed by atoms with Crippen LogP contribution in [0.15, 0.2) is 28.6 Å². The Kier molecular flexibility index (Phi) is 6.33. The molecule has 1 fully saturated rings. The van der Waals surface area contributed by atoms with Crippen LogP contribution in [0.3, 0.4) is 0 Å². The first kappa shape index (κ1) is 18.9. The Bertz CT molecular complexity index is 792. The average Bonchev–Trinajstić information content (AvgIpc) is 3.15. The van der Waals surface area contributed by atoms with E-state index in [1.54, 1.807) is 24.1 Å². The largest absolute Gasteiger partial charge is 0.358 e. The lowest BCUT2D eigenvalue weighted by Gasteiger charge is -2.34. The Balaban J connectivity index is 1.55. The average molecular weight is 412 g/mol. The van der Waals surface area contributed by atoms with Gasteiger partial charge in [0.2, 0.25) is 11.0 Å². The number of hydrogen-bond donors (Lipinski definition) is 1. The molecule has 3 rings (SSSR count). The van der Waals surface area contributed by atoms with Crippen molar-refractivity contribution in [2.45, 2.75) is 4.34 Å². The van der Waals surface area contributed by atoms with E-state index < -0.39 is 0 Å². The van der Waals surface area contributed by atoms with E-state index in [1.807, 2.05) is 12.1 Å². The third kappa shape index (κ3) is 4.46. The van der Waals surface area contributed by atoms with E-state index in [1.165, 1.54) is 23.1 Å². The maximum atomic E-state index is 12.6. The summed E-state index contributed by atoms with van der Waals surface area (Å²) in [5.41, 5.74) is 0.534. The van der Waals surface area contributed by atoms with Crippen molar-refractivity contribution in [2.24, 2.45) is 0 Å². The van der Waals surface area contributed by atoms with Gasteiger partial charge in [-0.3, -0.25) is 9.59 Å². The van der Waals surface area contributed by atoms with Crippen LogP contribution in [0.1, 0.15) is 10.4 Å². The van der Waals surface area contributed by atoms with Gasteiger partial charge in [0.15, 0.2) is 4.34 Å². The fourth-order valence-corrected chi connectivity index (χ4v) is 4.48. The summed E-state index contributed by atoms with van der Waals surface area (Å²) in [7, 11) is 1.61. The van der Waals surface area contributed by atoms with E-state index in [0.717, 1.165) is 9.47 Å². The quantitative estimate of drug-likeness (QED) is 0.758. The molecule has 0 bridgehead atoms. The number of hydrogen-bond acceptors (Lipinski definition) is 7. The third-order valence-corrected chi connectivity index (χ3v) is 6.39. The van der Waals surface area contributed by atoms with Crippen LogP contribution in [-0.4, -0.2) is 65.9 Å². The highest BCUT2D eigenvalue weighted by atomic mass is 35.5. The van der Waals surface area contributed by atoms with Crippen LogP contribution in [0.2, 0.25) is 5.02 Å². The number of carbonyl (C=O) groups is 2. The Morgan fingerprint density at radius 1 is 1.23 bits per heavy atom. The van der Waals surface area contributed by atoms with E-state index in [2.05, 4.69) is 20.4 Å². The summed E-state index contributed by atoms with van der Waals surface area (Å²) in [5.74, 6) is 0.235.